The molecule has 1 N–H and O–H groups in total. The van der Waals surface area contributed by atoms with E-state index in [1.165, 1.54) is 0 Å². The summed E-state index contributed by atoms with van der Waals surface area (Å²) in [4.78, 5) is 0. The summed E-state index contributed by atoms with van der Waals surface area (Å²) in [6, 6.07) is 5.91. The SMILES string of the molecule is CCOc1c(Br)cc(CNc2ccn(C)n2)cc1OC. The van der Waals surface area contributed by atoms with Gasteiger partial charge in [0.1, 0.15) is 5.82 Å². The van der Waals surface area contributed by atoms with Crippen LogP contribution in [-0.2, 0) is 13.6 Å². The molecule has 0 unspecified atom stereocenters. The zero-order valence-corrected chi connectivity index (χ0v) is 13.4. The molecule has 2 aromatic rings. The van der Waals surface area contributed by atoms with Crippen LogP contribution in [0.25, 0.3) is 0 Å². The molecule has 0 atom stereocenters. The highest BCUT2D eigenvalue weighted by Gasteiger charge is 2.11. The number of rotatable bonds is 6. The predicted octanol–water partition coefficient (Wildman–Crippen LogP) is 3.20. The number of ether oxygens (including phenoxy) is 2. The number of hydrogen-bond acceptors (Lipinski definition) is 4. The third-order valence-corrected chi connectivity index (χ3v) is 3.35. The second-order valence-electron chi connectivity index (χ2n) is 4.27. The van der Waals surface area contributed by atoms with E-state index in [2.05, 4.69) is 26.3 Å². The summed E-state index contributed by atoms with van der Waals surface area (Å²) in [6.45, 7) is 3.21. The zero-order chi connectivity index (χ0) is 14.5. The first-order chi connectivity index (χ1) is 9.63. The van der Waals surface area contributed by atoms with Gasteiger partial charge in [0, 0.05) is 25.9 Å². The molecule has 0 bridgehead atoms. The molecule has 0 radical (unpaired) electrons. The largest absolute Gasteiger partial charge is 0.493 e. The quantitative estimate of drug-likeness (QED) is 0.877. The van der Waals surface area contributed by atoms with Crippen LogP contribution < -0.4 is 14.8 Å². The summed E-state index contributed by atoms with van der Waals surface area (Å²) in [5.41, 5.74) is 1.09. The van der Waals surface area contributed by atoms with Crippen LogP contribution in [0.5, 0.6) is 11.5 Å². The van der Waals surface area contributed by atoms with Crippen molar-refractivity contribution in [2.45, 2.75) is 13.5 Å². The van der Waals surface area contributed by atoms with E-state index in [4.69, 9.17) is 9.47 Å². The summed E-state index contributed by atoms with van der Waals surface area (Å²) in [6.07, 6.45) is 1.90. The first-order valence-electron chi connectivity index (χ1n) is 6.36. The topological polar surface area (TPSA) is 48.3 Å². The highest BCUT2D eigenvalue weighted by atomic mass is 79.9. The number of methoxy groups -OCH3 is 1. The molecule has 0 aliphatic heterocycles. The Morgan fingerprint density at radius 3 is 2.80 bits per heavy atom. The second kappa shape index (κ2) is 6.65. The molecule has 0 saturated carbocycles. The Labute approximate surface area is 127 Å². The number of nitrogens with one attached hydrogen (secondary N) is 1. The van der Waals surface area contributed by atoms with E-state index in [9.17, 15) is 0 Å². The van der Waals surface area contributed by atoms with Crippen molar-refractivity contribution < 1.29 is 9.47 Å². The summed E-state index contributed by atoms with van der Waals surface area (Å²) in [5, 5.41) is 7.54. The predicted molar refractivity (Wildman–Crippen MR) is 82.4 cm³/mol. The van der Waals surface area contributed by atoms with Gasteiger partial charge in [-0.2, -0.15) is 5.10 Å². The molecule has 5 nitrogen and oxygen atoms in total. The van der Waals surface area contributed by atoms with E-state index in [0.29, 0.717) is 13.2 Å². The number of halogens is 1. The van der Waals surface area contributed by atoms with Crippen molar-refractivity contribution in [3.63, 3.8) is 0 Å². The van der Waals surface area contributed by atoms with Gasteiger partial charge in [0.2, 0.25) is 0 Å². The van der Waals surface area contributed by atoms with Gasteiger partial charge in [0.15, 0.2) is 11.5 Å². The van der Waals surface area contributed by atoms with Gasteiger partial charge in [-0.3, -0.25) is 4.68 Å². The molecule has 2 rings (SSSR count). The lowest BCUT2D eigenvalue weighted by atomic mass is 10.2. The number of anilines is 1. The number of nitrogens with zero attached hydrogens (tertiary/aromatic N) is 2. The molecule has 1 heterocycles. The van der Waals surface area contributed by atoms with Crippen molar-refractivity contribution in [2.24, 2.45) is 7.05 Å². The normalized spacial score (nSPS) is 10.4. The number of benzene rings is 1. The highest BCUT2D eigenvalue weighted by molar-refractivity contribution is 9.10. The summed E-state index contributed by atoms with van der Waals surface area (Å²) >= 11 is 3.52. The minimum absolute atomic E-state index is 0.598. The number of aryl methyl sites for hydroxylation is 1. The van der Waals surface area contributed by atoms with Crippen LogP contribution in [0.1, 0.15) is 12.5 Å². The molecule has 20 heavy (non-hydrogen) atoms. The van der Waals surface area contributed by atoms with E-state index in [-0.39, 0.29) is 0 Å². The molecule has 6 heteroatoms. The van der Waals surface area contributed by atoms with Crippen LogP contribution in [-0.4, -0.2) is 23.5 Å². The molecule has 0 aliphatic rings. The van der Waals surface area contributed by atoms with Crippen molar-refractivity contribution >= 4 is 21.7 Å². The van der Waals surface area contributed by atoms with E-state index in [0.717, 1.165) is 27.4 Å². The third kappa shape index (κ3) is 3.45. The van der Waals surface area contributed by atoms with E-state index in [1.54, 1.807) is 11.8 Å². The first-order valence-corrected chi connectivity index (χ1v) is 7.16. The molecule has 1 aromatic heterocycles. The molecule has 1 aromatic carbocycles. The van der Waals surface area contributed by atoms with Crippen LogP contribution in [0.2, 0.25) is 0 Å². The number of aromatic nitrogens is 2. The average Bonchev–Trinajstić information content (AvgIpc) is 2.85. The van der Waals surface area contributed by atoms with Crippen LogP contribution in [0.4, 0.5) is 5.82 Å². The average molecular weight is 340 g/mol. The number of hydrogen-bond donors (Lipinski definition) is 1. The smallest absolute Gasteiger partial charge is 0.175 e. The monoisotopic (exact) mass is 339 g/mol. The standard InChI is InChI=1S/C14H18BrN3O2/c1-4-20-14-11(15)7-10(8-12(14)19-3)9-16-13-5-6-18(2)17-13/h5-8H,4,9H2,1-3H3,(H,16,17). The van der Waals surface area contributed by atoms with E-state index >= 15 is 0 Å². The summed E-state index contributed by atoms with van der Waals surface area (Å²) in [5.74, 6) is 2.30. The van der Waals surface area contributed by atoms with Gasteiger partial charge in [-0.1, -0.05) is 0 Å². The molecular weight excluding hydrogens is 322 g/mol. The van der Waals surface area contributed by atoms with Crippen LogP contribution in [0.15, 0.2) is 28.9 Å². The van der Waals surface area contributed by atoms with Gasteiger partial charge in [-0.15, -0.1) is 0 Å². The third-order valence-electron chi connectivity index (χ3n) is 2.77. The Morgan fingerprint density at radius 2 is 2.20 bits per heavy atom. The fraction of sp³-hybridized carbons (Fsp3) is 0.357. The Kier molecular flexibility index (Phi) is 4.89. The Bertz CT molecular complexity index is 584. The minimum Gasteiger partial charge on any atom is -0.493 e. The lowest BCUT2D eigenvalue weighted by molar-refractivity contribution is 0.308. The fourth-order valence-electron chi connectivity index (χ4n) is 1.86. The maximum atomic E-state index is 5.57. The highest BCUT2D eigenvalue weighted by Crippen LogP contribution is 2.36. The lowest BCUT2D eigenvalue weighted by Gasteiger charge is -2.13. The summed E-state index contributed by atoms with van der Waals surface area (Å²) in [7, 11) is 3.53. The van der Waals surface area contributed by atoms with Gasteiger partial charge < -0.3 is 14.8 Å². The van der Waals surface area contributed by atoms with Crippen molar-refractivity contribution in [3.05, 3.63) is 34.4 Å². The van der Waals surface area contributed by atoms with Crippen molar-refractivity contribution in [1.82, 2.24) is 9.78 Å². The van der Waals surface area contributed by atoms with Crippen molar-refractivity contribution in [3.8, 4) is 11.5 Å². The fourth-order valence-corrected chi connectivity index (χ4v) is 2.47. The Morgan fingerprint density at radius 1 is 1.40 bits per heavy atom. The van der Waals surface area contributed by atoms with Crippen LogP contribution >= 0.6 is 15.9 Å². The lowest BCUT2D eigenvalue weighted by Crippen LogP contribution is -2.03. The van der Waals surface area contributed by atoms with Gasteiger partial charge >= 0.3 is 0 Å². The maximum absolute atomic E-state index is 5.57. The minimum atomic E-state index is 0.598. The van der Waals surface area contributed by atoms with Gasteiger partial charge in [-0.05, 0) is 40.5 Å². The molecular formula is C14H18BrN3O2. The second-order valence-corrected chi connectivity index (χ2v) is 5.12. The van der Waals surface area contributed by atoms with Crippen LogP contribution in [0, 0.1) is 0 Å². The Hall–Kier alpha value is -1.69. The Balaban J connectivity index is 2.14. The van der Waals surface area contributed by atoms with Gasteiger partial charge in [0.05, 0.1) is 18.2 Å². The molecule has 0 aliphatic carbocycles. The molecule has 0 fully saturated rings. The zero-order valence-electron chi connectivity index (χ0n) is 11.8. The van der Waals surface area contributed by atoms with Crippen molar-refractivity contribution in [1.29, 1.82) is 0 Å². The molecule has 0 saturated heterocycles. The van der Waals surface area contributed by atoms with Gasteiger partial charge in [0.25, 0.3) is 0 Å². The van der Waals surface area contributed by atoms with Crippen molar-refractivity contribution in [2.75, 3.05) is 19.0 Å². The first kappa shape index (κ1) is 14.7. The molecule has 0 spiro atoms. The van der Waals surface area contributed by atoms with E-state index in [1.807, 2.05) is 38.4 Å². The van der Waals surface area contributed by atoms with E-state index < -0.39 is 0 Å². The molecule has 0 amide bonds. The van der Waals surface area contributed by atoms with Crippen LogP contribution in [0.3, 0.4) is 0 Å². The van der Waals surface area contributed by atoms with Gasteiger partial charge in [-0.25, -0.2) is 0 Å². The molecule has 108 valence electrons. The maximum Gasteiger partial charge on any atom is 0.175 e. The summed E-state index contributed by atoms with van der Waals surface area (Å²) < 4.78 is 13.6.